The number of aromatic nitrogens is 4. The van der Waals surface area contributed by atoms with Crippen LogP contribution in [0.15, 0.2) is 140 Å². The summed E-state index contributed by atoms with van der Waals surface area (Å²) in [6.45, 7) is 0. The van der Waals surface area contributed by atoms with Crippen LogP contribution in [0.4, 0.5) is 22.0 Å². The van der Waals surface area contributed by atoms with Crippen LogP contribution in [0.1, 0.15) is 28.3 Å². The van der Waals surface area contributed by atoms with Gasteiger partial charge in [0.15, 0.2) is 0 Å². The quantitative estimate of drug-likeness (QED) is 0.0990. The number of halogens is 5. The third-order valence-electron chi connectivity index (χ3n) is 9.71. The van der Waals surface area contributed by atoms with E-state index >= 15 is 8.78 Å². The second-order valence-corrected chi connectivity index (χ2v) is 13.1. The average molecular weight is 789 g/mol. The summed E-state index contributed by atoms with van der Waals surface area (Å²) < 4.78 is 77.2. The molecule has 0 amide bonds. The van der Waals surface area contributed by atoms with Crippen molar-refractivity contribution < 1.29 is 38.4 Å². The molecule has 0 spiro atoms. The van der Waals surface area contributed by atoms with Gasteiger partial charge in [-0.05, 0) is 69.4 Å². The van der Waals surface area contributed by atoms with E-state index in [0.29, 0.717) is 44.7 Å². The van der Waals surface area contributed by atoms with Gasteiger partial charge in [0.1, 0.15) is 0 Å². The van der Waals surface area contributed by atoms with E-state index in [1.54, 1.807) is 85.0 Å². The Labute approximate surface area is 328 Å². The molecule has 9 rings (SSSR count). The fourth-order valence-corrected chi connectivity index (χ4v) is 7.27. The van der Waals surface area contributed by atoms with Crippen molar-refractivity contribution in [1.29, 1.82) is 0 Å². The number of nitrogens with zero attached hydrogens (tertiary/aromatic N) is 4. The van der Waals surface area contributed by atoms with E-state index in [-0.39, 0.29) is 39.0 Å². The van der Waals surface area contributed by atoms with E-state index in [4.69, 9.17) is 15.0 Å². The number of alkyl halides is 5. The zero-order valence-electron chi connectivity index (χ0n) is 29.1. The van der Waals surface area contributed by atoms with E-state index in [1.807, 2.05) is 72.8 Å². The van der Waals surface area contributed by atoms with Crippen LogP contribution in [0.5, 0.6) is 0 Å². The molecule has 4 nitrogen and oxygen atoms in total. The van der Waals surface area contributed by atoms with Gasteiger partial charge in [0.2, 0.25) is 0 Å². The van der Waals surface area contributed by atoms with E-state index in [0.717, 1.165) is 17.3 Å². The van der Waals surface area contributed by atoms with Gasteiger partial charge in [0.05, 0.1) is 11.4 Å². The Balaban J connectivity index is 0.00000441. The maximum Gasteiger partial charge on any atom is 2.00 e. The van der Waals surface area contributed by atoms with Gasteiger partial charge in [-0.1, -0.05) is 150 Å². The Bertz CT molecular complexity index is 2630. The summed E-state index contributed by atoms with van der Waals surface area (Å²) in [5.74, 6) is -5.33. The summed E-state index contributed by atoms with van der Waals surface area (Å²) in [6, 6.07) is 39.6. The second kappa shape index (κ2) is 14.4. The maximum absolute atomic E-state index is 16.4. The van der Waals surface area contributed by atoms with Crippen LogP contribution in [0.25, 0.3) is 90.7 Å². The molecule has 56 heavy (non-hydrogen) atoms. The van der Waals surface area contributed by atoms with Crippen molar-refractivity contribution in [3.05, 3.63) is 168 Å². The van der Waals surface area contributed by atoms with E-state index in [1.165, 1.54) is 0 Å². The van der Waals surface area contributed by atoms with Crippen LogP contribution in [0, 0.1) is 0 Å². The molecule has 0 unspecified atom stereocenters. The van der Waals surface area contributed by atoms with E-state index in [2.05, 4.69) is 4.98 Å². The van der Waals surface area contributed by atoms with Crippen molar-refractivity contribution in [2.24, 2.45) is 0 Å². The van der Waals surface area contributed by atoms with Crippen LogP contribution >= 0.6 is 0 Å². The van der Waals surface area contributed by atoms with Gasteiger partial charge >= 0.3 is 28.6 Å². The van der Waals surface area contributed by atoms with Gasteiger partial charge < -0.3 is 9.97 Å². The van der Waals surface area contributed by atoms with Crippen molar-refractivity contribution >= 4 is 46.2 Å². The minimum absolute atomic E-state index is 0. The summed E-state index contributed by atoms with van der Waals surface area (Å²) in [4.78, 5) is 19.5. The molecule has 2 aliphatic heterocycles. The molecule has 0 radical (unpaired) electrons. The fraction of sp³-hybridized carbons (Fsp3) is 0.0435. The molecule has 7 aromatic rings. The van der Waals surface area contributed by atoms with Crippen molar-refractivity contribution in [3.63, 3.8) is 0 Å². The third-order valence-corrected chi connectivity index (χ3v) is 9.71. The van der Waals surface area contributed by atoms with Crippen LogP contribution in [0.2, 0.25) is 0 Å². The molecule has 0 saturated carbocycles. The van der Waals surface area contributed by atoms with Crippen LogP contribution < -0.4 is 4.98 Å². The summed E-state index contributed by atoms with van der Waals surface area (Å²) in [5.41, 5.74) is 4.38. The van der Waals surface area contributed by atoms with Crippen molar-refractivity contribution in [2.45, 2.75) is 12.1 Å². The predicted molar refractivity (Wildman–Crippen MR) is 209 cm³/mol. The molecule has 10 heteroatoms. The number of hydrogen-bond acceptors (Lipinski definition) is 3. The summed E-state index contributed by atoms with van der Waals surface area (Å²) in [7, 11) is 0. The molecular weight excluding hydrogens is 762 g/mol. The minimum Gasteiger partial charge on any atom is -0.657 e. The van der Waals surface area contributed by atoms with Crippen LogP contribution in [-0.2, 0) is 22.4 Å². The molecule has 0 aliphatic carbocycles. The molecule has 8 bridgehead atoms. The fourth-order valence-electron chi connectivity index (χ4n) is 7.27. The Morgan fingerprint density at radius 3 is 1.21 bits per heavy atom. The first-order valence-corrected chi connectivity index (χ1v) is 17.4. The molecule has 4 aromatic carbocycles. The molecule has 0 saturated heterocycles. The Kier molecular flexibility index (Phi) is 9.39. The zero-order valence-corrected chi connectivity index (χ0v) is 30.1. The Morgan fingerprint density at radius 2 is 0.804 bits per heavy atom. The average Bonchev–Trinajstić information content (AvgIpc) is 4.03. The van der Waals surface area contributed by atoms with Crippen molar-refractivity contribution in [3.8, 4) is 44.5 Å². The first kappa shape index (κ1) is 36.6. The van der Waals surface area contributed by atoms with Crippen LogP contribution in [-0.4, -0.2) is 21.1 Å². The van der Waals surface area contributed by atoms with Gasteiger partial charge in [-0.25, -0.2) is 8.78 Å². The first-order chi connectivity index (χ1) is 26.7. The molecule has 0 atom stereocenters. The van der Waals surface area contributed by atoms with Gasteiger partial charge in [-0.15, -0.1) is 16.4 Å². The number of hydrogen-bond donors (Lipinski definition) is 0. The molecule has 2 aliphatic rings. The van der Waals surface area contributed by atoms with Gasteiger partial charge in [-0.2, -0.15) is 13.2 Å². The summed E-state index contributed by atoms with van der Waals surface area (Å²) >= 11 is 0. The zero-order chi connectivity index (χ0) is 37.7. The Hall–Kier alpha value is -6.38. The maximum atomic E-state index is 16.4. The normalized spacial score (nSPS) is 12.4. The monoisotopic (exact) mass is 788 g/mol. The topological polar surface area (TPSA) is 52.8 Å². The van der Waals surface area contributed by atoms with Crippen LogP contribution in [0.3, 0.4) is 0 Å². The minimum atomic E-state index is -5.96. The van der Waals surface area contributed by atoms with Crippen molar-refractivity contribution in [2.75, 3.05) is 0 Å². The largest absolute Gasteiger partial charge is 2.00 e. The molecular formula is C46H27F5N4Ni. The summed E-state index contributed by atoms with van der Waals surface area (Å²) in [6.07, 6.45) is 1.86. The number of rotatable bonds is 5. The van der Waals surface area contributed by atoms with Crippen molar-refractivity contribution in [1.82, 2.24) is 19.9 Å². The number of benzene rings is 4. The van der Waals surface area contributed by atoms with E-state index < -0.39 is 28.6 Å². The molecule has 0 N–H and O–H groups in total. The first-order valence-electron chi connectivity index (χ1n) is 17.4. The van der Waals surface area contributed by atoms with Gasteiger partial charge in [-0.3, -0.25) is 9.97 Å². The number of fused-ring (bicyclic) bond motifs is 8. The molecule has 276 valence electrons. The molecule has 5 heterocycles. The Morgan fingerprint density at radius 1 is 0.446 bits per heavy atom. The predicted octanol–water partition coefficient (Wildman–Crippen LogP) is 12.4. The van der Waals surface area contributed by atoms with Gasteiger partial charge in [0, 0.05) is 11.4 Å². The smallest absolute Gasteiger partial charge is 0.657 e. The molecule has 0 fully saturated rings. The molecule has 3 aromatic heterocycles. The third kappa shape index (κ3) is 6.26. The second-order valence-electron chi connectivity index (χ2n) is 13.1. The van der Waals surface area contributed by atoms with E-state index in [9.17, 15) is 13.2 Å². The standard InChI is InChI=1S/C46H27F5N4.Ni/c47-45(48,46(49,50)51)43-32-27-52-44(43)42(31-19-11-4-12-20-31)38-26-25-37(55-38)41(30-17-9-3-10-18-30)36-24-23-35(54-36)40(29-15-7-2-8-16-29)34-22-21-33(53-34)39(32)28-13-5-1-6-14-28;/h1-27H;/q-2;+2. The SMILES string of the molecule is FC(F)(F)C(F)(F)[c-]1c2cnc1c(-c1ccccc1)c1nc(c(-c3ccccc3)c3ccc([n-]3)c(-c3ccccc3)c3nc(c2-c2ccccc2)C=C3)C=C1.[Ni+2]. The summed E-state index contributed by atoms with van der Waals surface area (Å²) in [5, 5.41) is -0.396. The van der Waals surface area contributed by atoms with Gasteiger partial charge in [0.25, 0.3) is 0 Å².